The number of halogens is 1. The molecule has 0 aromatic heterocycles. The molecule has 0 saturated heterocycles. The van der Waals surface area contributed by atoms with Crippen molar-refractivity contribution in [2.45, 2.75) is 26.2 Å². The summed E-state index contributed by atoms with van der Waals surface area (Å²) >= 11 is 0. The van der Waals surface area contributed by atoms with Gasteiger partial charge in [-0.15, -0.1) is 0 Å². The van der Waals surface area contributed by atoms with Crippen molar-refractivity contribution < 1.29 is 21.2 Å². The lowest BCUT2D eigenvalue weighted by molar-refractivity contribution is -0.255. The Labute approximate surface area is 95.0 Å². The molecule has 0 amide bonds. The normalized spacial score (nSPS) is 15.8. The summed E-state index contributed by atoms with van der Waals surface area (Å²) in [6.07, 6.45) is -0.422. The minimum atomic E-state index is -5.20. The molecule has 6 nitrogen and oxygen atoms in total. The molecule has 1 atom stereocenters. The van der Waals surface area contributed by atoms with Crippen molar-refractivity contribution in [3.05, 3.63) is 0 Å². The number of hydrogen-bond donors (Lipinski definition) is 0. The molecule has 0 aliphatic rings. The van der Waals surface area contributed by atoms with Gasteiger partial charge in [-0.1, -0.05) is 17.7 Å². The predicted molar refractivity (Wildman–Crippen MR) is 54.0 cm³/mol. The second-order valence-electron chi connectivity index (χ2n) is 2.90. The summed E-state index contributed by atoms with van der Waals surface area (Å²) in [4.78, 5) is 1.40. The quantitative estimate of drug-likeness (QED) is 0.493. The van der Waals surface area contributed by atoms with Gasteiger partial charge in [-0.25, -0.2) is 0 Å². The fourth-order valence-corrected chi connectivity index (χ4v) is 1.93. The van der Waals surface area contributed by atoms with Crippen molar-refractivity contribution in [2.24, 2.45) is 0 Å². The summed E-state index contributed by atoms with van der Waals surface area (Å²) in [7, 11) is -4.05. The van der Waals surface area contributed by atoms with Gasteiger partial charge < -0.3 is 4.74 Å². The Morgan fingerprint density at radius 2 is 1.94 bits per heavy atom. The standard InChI is InChI=1S/C8H15FN2O4S/c1-4-11(5-2)8(14-3,6-7-10)15-16(9,12)13/h4-6H2,1-3H3. The third-order valence-electron chi connectivity index (χ3n) is 2.10. The molecule has 94 valence electrons. The molecule has 16 heavy (non-hydrogen) atoms. The van der Waals surface area contributed by atoms with Gasteiger partial charge in [-0.3, -0.25) is 4.90 Å². The Morgan fingerprint density at radius 1 is 1.44 bits per heavy atom. The van der Waals surface area contributed by atoms with Crippen LogP contribution < -0.4 is 0 Å². The summed E-state index contributed by atoms with van der Waals surface area (Å²) < 4.78 is 42.7. The Bertz CT molecular complexity index is 350. The zero-order chi connectivity index (χ0) is 12.8. The number of rotatable bonds is 7. The van der Waals surface area contributed by atoms with Gasteiger partial charge in [0.05, 0.1) is 6.07 Å². The van der Waals surface area contributed by atoms with Gasteiger partial charge in [0.2, 0.25) is 0 Å². The topological polar surface area (TPSA) is 79.6 Å². The fourth-order valence-electron chi connectivity index (χ4n) is 1.39. The van der Waals surface area contributed by atoms with E-state index in [9.17, 15) is 12.3 Å². The second-order valence-corrected chi connectivity index (χ2v) is 3.85. The van der Waals surface area contributed by atoms with Crippen LogP contribution in [0.3, 0.4) is 0 Å². The molecule has 0 radical (unpaired) electrons. The summed E-state index contributed by atoms with van der Waals surface area (Å²) in [5, 5.41) is 8.62. The SMILES string of the molecule is CCN(CC)C(CC#N)(OC)OS(=O)(=O)F. The highest BCUT2D eigenvalue weighted by Gasteiger charge is 2.41. The van der Waals surface area contributed by atoms with E-state index >= 15 is 0 Å². The smallest absolute Gasteiger partial charge is 0.339 e. The van der Waals surface area contributed by atoms with E-state index in [0.717, 1.165) is 7.11 Å². The molecule has 0 rings (SSSR count). The van der Waals surface area contributed by atoms with Gasteiger partial charge >= 0.3 is 10.5 Å². The van der Waals surface area contributed by atoms with Gasteiger partial charge in [0.15, 0.2) is 0 Å². The first-order valence-corrected chi connectivity index (χ1v) is 5.98. The molecule has 0 bridgehead atoms. The van der Waals surface area contributed by atoms with E-state index in [-0.39, 0.29) is 0 Å². The summed E-state index contributed by atoms with van der Waals surface area (Å²) in [5.74, 6) is -1.90. The molecular formula is C8H15FN2O4S. The van der Waals surface area contributed by atoms with Crippen molar-refractivity contribution in [2.75, 3.05) is 20.2 Å². The molecule has 0 fully saturated rings. The molecule has 8 heteroatoms. The molecule has 0 spiro atoms. The van der Waals surface area contributed by atoms with E-state index in [1.807, 2.05) is 0 Å². The van der Waals surface area contributed by atoms with E-state index in [0.29, 0.717) is 13.1 Å². The molecule has 0 heterocycles. The maximum atomic E-state index is 12.6. The van der Waals surface area contributed by atoms with Gasteiger partial charge in [-0.2, -0.15) is 17.9 Å². The van der Waals surface area contributed by atoms with Gasteiger partial charge in [0, 0.05) is 20.2 Å². The average molecular weight is 254 g/mol. The summed E-state index contributed by atoms with van der Waals surface area (Å²) in [6, 6.07) is 1.71. The lowest BCUT2D eigenvalue weighted by Gasteiger charge is -2.37. The first kappa shape index (κ1) is 15.2. The predicted octanol–water partition coefficient (Wildman–Crippen LogP) is 0.773. The zero-order valence-electron chi connectivity index (χ0n) is 9.43. The van der Waals surface area contributed by atoms with Gasteiger partial charge in [0.25, 0.3) is 5.91 Å². The van der Waals surface area contributed by atoms with Crippen molar-refractivity contribution in [3.63, 3.8) is 0 Å². The van der Waals surface area contributed by atoms with Gasteiger partial charge in [-0.05, 0) is 0 Å². The number of methoxy groups -OCH3 is 1. The Kier molecular flexibility index (Phi) is 5.81. The molecule has 0 saturated carbocycles. The second kappa shape index (κ2) is 6.10. The molecule has 0 aliphatic carbocycles. The van der Waals surface area contributed by atoms with Crippen molar-refractivity contribution in [3.8, 4) is 6.07 Å². The summed E-state index contributed by atoms with van der Waals surface area (Å²) in [5.41, 5.74) is 0. The van der Waals surface area contributed by atoms with Crippen molar-refractivity contribution in [1.82, 2.24) is 4.90 Å². The van der Waals surface area contributed by atoms with Crippen LogP contribution in [0, 0.1) is 11.3 Å². The van der Waals surface area contributed by atoms with E-state index < -0.39 is 22.8 Å². The van der Waals surface area contributed by atoms with Crippen LogP contribution in [0.5, 0.6) is 0 Å². The highest BCUT2D eigenvalue weighted by atomic mass is 32.3. The highest BCUT2D eigenvalue weighted by molar-refractivity contribution is 7.81. The molecular weight excluding hydrogens is 239 g/mol. The fraction of sp³-hybridized carbons (Fsp3) is 0.875. The van der Waals surface area contributed by atoms with Crippen LogP contribution in [0.25, 0.3) is 0 Å². The van der Waals surface area contributed by atoms with Crippen LogP contribution in [0.15, 0.2) is 0 Å². The number of hydrogen-bond acceptors (Lipinski definition) is 6. The van der Waals surface area contributed by atoms with E-state index in [1.165, 1.54) is 4.90 Å². The van der Waals surface area contributed by atoms with E-state index in [2.05, 4.69) is 4.18 Å². The number of nitrogens with zero attached hydrogens (tertiary/aromatic N) is 2. The Hall–Kier alpha value is -0.750. The van der Waals surface area contributed by atoms with Crippen LogP contribution in [0.1, 0.15) is 20.3 Å². The minimum Gasteiger partial charge on any atom is -0.339 e. The van der Waals surface area contributed by atoms with E-state index in [1.54, 1.807) is 19.9 Å². The minimum absolute atomic E-state index is 0.349. The third-order valence-corrected chi connectivity index (χ3v) is 2.56. The molecule has 0 aromatic rings. The maximum absolute atomic E-state index is 12.6. The zero-order valence-corrected chi connectivity index (χ0v) is 10.3. The average Bonchev–Trinajstić information content (AvgIpc) is 2.17. The third kappa shape index (κ3) is 4.02. The van der Waals surface area contributed by atoms with Crippen LogP contribution >= 0.6 is 0 Å². The highest BCUT2D eigenvalue weighted by Crippen LogP contribution is 2.25. The summed E-state index contributed by atoms with van der Waals surface area (Å²) in [6.45, 7) is 4.12. The molecule has 0 N–H and O–H groups in total. The lowest BCUT2D eigenvalue weighted by atomic mass is 10.3. The van der Waals surface area contributed by atoms with Crippen molar-refractivity contribution in [1.29, 1.82) is 5.26 Å². The first-order chi connectivity index (χ1) is 7.35. The maximum Gasteiger partial charge on any atom is 0.441 e. The van der Waals surface area contributed by atoms with Crippen LogP contribution in [-0.4, -0.2) is 39.4 Å². The number of nitriles is 1. The molecule has 1 unspecified atom stereocenters. The molecule has 0 aromatic carbocycles. The monoisotopic (exact) mass is 254 g/mol. The van der Waals surface area contributed by atoms with Gasteiger partial charge in [0.1, 0.15) is 6.42 Å². The molecule has 0 aliphatic heterocycles. The van der Waals surface area contributed by atoms with Crippen LogP contribution in [0.4, 0.5) is 3.89 Å². The lowest BCUT2D eigenvalue weighted by Crippen LogP contribution is -2.52. The van der Waals surface area contributed by atoms with Crippen LogP contribution in [0.2, 0.25) is 0 Å². The Morgan fingerprint density at radius 3 is 2.19 bits per heavy atom. The first-order valence-electron chi connectivity index (χ1n) is 4.67. The number of ether oxygens (including phenoxy) is 1. The van der Waals surface area contributed by atoms with E-state index in [4.69, 9.17) is 10.00 Å². The Balaban J connectivity index is 5.22. The van der Waals surface area contributed by atoms with Crippen LogP contribution in [-0.2, 0) is 19.4 Å². The van der Waals surface area contributed by atoms with Crippen molar-refractivity contribution >= 4 is 10.5 Å². The largest absolute Gasteiger partial charge is 0.441 e.